The molecule has 0 aromatic heterocycles. The third kappa shape index (κ3) is 1.95. The molecule has 1 unspecified atom stereocenters. The SMILES string of the molecule is O=S(=O)(c1ccccc1F)N1CCC(O)C1. The lowest BCUT2D eigenvalue weighted by molar-refractivity contribution is 0.189. The molecule has 1 atom stereocenters. The molecule has 1 aliphatic heterocycles. The van der Waals surface area contributed by atoms with E-state index in [0.717, 1.165) is 10.4 Å². The van der Waals surface area contributed by atoms with Crippen LogP contribution >= 0.6 is 0 Å². The van der Waals surface area contributed by atoms with E-state index in [9.17, 15) is 17.9 Å². The smallest absolute Gasteiger partial charge is 0.246 e. The van der Waals surface area contributed by atoms with Crippen molar-refractivity contribution in [3.8, 4) is 0 Å². The summed E-state index contributed by atoms with van der Waals surface area (Å²) < 4.78 is 38.4. The third-order valence-corrected chi connectivity index (χ3v) is 4.48. The lowest BCUT2D eigenvalue weighted by atomic mass is 10.3. The quantitative estimate of drug-likeness (QED) is 0.829. The number of aliphatic hydroxyl groups is 1. The molecular weight excluding hydrogens is 233 g/mol. The first kappa shape index (κ1) is 11.5. The molecule has 1 aromatic carbocycles. The lowest BCUT2D eigenvalue weighted by Crippen LogP contribution is -2.30. The number of halogens is 1. The highest BCUT2D eigenvalue weighted by Crippen LogP contribution is 2.22. The highest BCUT2D eigenvalue weighted by atomic mass is 32.2. The minimum absolute atomic E-state index is 0.0384. The van der Waals surface area contributed by atoms with Gasteiger partial charge in [0.1, 0.15) is 10.7 Å². The van der Waals surface area contributed by atoms with Gasteiger partial charge in [-0.1, -0.05) is 12.1 Å². The second-order valence-electron chi connectivity index (χ2n) is 3.74. The molecule has 0 aliphatic carbocycles. The molecule has 1 fully saturated rings. The van der Waals surface area contributed by atoms with Crippen LogP contribution in [-0.2, 0) is 10.0 Å². The van der Waals surface area contributed by atoms with Crippen LogP contribution in [0.4, 0.5) is 4.39 Å². The second-order valence-corrected chi connectivity index (χ2v) is 5.64. The summed E-state index contributed by atoms with van der Waals surface area (Å²) in [6.45, 7) is 0.272. The van der Waals surface area contributed by atoms with E-state index in [4.69, 9.17) is 0 Å². The maximum Gasteiger partial charge on any atom is 0.246 e. The minimum Gasteiger partial charge on any atom is -0.392 e. The van der Waals surface area contributed by atoms with Crippen LogP contribution in [0.15, 0.2) is 29.2 Å². The van der Waals surface area contributed by atoms with E-state index >= 15 is 0 Å². The first-order chi connectivity index (χ1) is 7.51. The number of β-amino-alcohol motifs (C(OH)–C–C–N with tert-alkyl or cyclic N) is 1. The molecule has 0 radical (unpaired) electrons. The summed E-state index contributed by atoms with van der Waals surface area (Å²) in [6, 6.07) is 5.25. The Balaban J connectivity index is 2.36. The van der Waals surface area contributed by atoms with Crippen LogP contribution in [-0.4, -0.2) is 37.0 Å². The monoisotopic (exact) mass is 245 g/mol. The standard InChI is InChI=1S/C10H12FNO3S/c11-9-3-1-2-4-10(9)16(14,15)12-6-5-8(13)7-12/h1-4,8,13H,5-7H2. The Kier molecular flexibility index (Phi) is 2.96. The first-order valence-corrected chi connectivity index (χ1v) is 6.38. The maximum atomic E-state index is 13.4. The normalized spacial score (nSPS) is 22.5. The third-order valence-electron chi connectivity index (χ3n) is 2.58. The van der Waals surface area contributed by atoms with Crippen LogP contribution in [0.25, 0.3) is 0 Å². The number of hydrogen-bond acceptors (Lipinski definition) is 3. The van der Waals surface area contributed by atoms with E-state index in [2.05, 4.69) is 0 Å². The van der Waals surface area contributed by atoms with Crippen molar-refractivity contribution in [2.45, 2.75) is 17.4 Å². The van der Waals surface area contributed by atoms with E-state index in [1.807, 2.05) is 0 Å². The molecule has 0 saturated carbocycles. The summed E-state index contributed by atoms with van der Waals surface area (Å²) in [5.74, 6) is -0.760. The van der Waals surface area contributed by atoms with Gasteiger partial charge in [0.25, 0.3) is 0 Å². The van der Waals surface area contributed by atoms with Gasteiger partial charge in [-0.05, 0) is 18.6 Å². The van der Waals surface area contributed by atoms with E-state index in [1.54, 1.807) is 0 Å². The molecule has 88 valence electrons. The molecule has 0 amide bonds. The van der Waals surface area contributed by atoms with Crippen LogP contribution in [0, 0.1) is 5.82 Å². The van der Waals surface area contributed by atoms with Gasteiger partial charge >= 0.3 is 0 Å². The predicted molar refractivity (Wildman–Crippen MR) is 55.8 cm³/mol. The zero-order valence-corrected chi connectivity index (χ0v) is 9.32. The highest BCUT2D eigenvalue weighted by molar-refractivity contribution is 7.89. The number of benzene rings is 1. The van der Waals surface area contributed by atoms with Gasteiger partial charge in [-0.15, -0.1) is 0 Å². The van der Waals surface area contributed by atoms with Gasteiger partial charge in [0.2, 0.25) is 10.0 Å². The Morgan fingerprint density at radius 1 is 1.38 bits per heavy atom. The van der Waals surface area contributed by atoms with Crippen molar-refractivity contribution in [3.05, 3.63) is 30.1 Å². The number of rotatable bonds is 2. The van der Waals surface area contributed by atoms with Gasteiger partial charge in [-0.3, -0.25) is 0 Å². The zero-order chi connectivity index (χ0) is 11.8. The average Bonchev–Trinajstić information content (AvgIpc) is 2.66. The molecule has 16 heavy (non-hydrogen) atoms. The molecule has 4 nitrogen and oxygen atoms in total. The van der Waals surface area contributed by atoms with E-state index < -0.39 is 21.9 Å². The summed E-state index contributed by atoms with van der Waals surface area (Å²) in [5, 5.41) is 9.28. The summed E-state index contributed by atoms with van der Waals surface area (Å²) in [5.41, 5.74) is 0. The van der Waals surface area contributed by atoms with Crippen LogP contribution in [0.1, 0.15) is 6.42 Å². The molecule has 2 rings (SSSR count). The second kappa shape index (κ2) is 4.12. The van der Waals surface area contributed by atoms with Crippen molar-refractivity contribution in [1.29, 1.82) is 0 Å². The Labute approximate surface area is 93.4 Å². The van der Waals surface area contributed by atoms with E-state index in [0.29, 0.717) is 6.42 Å². The summed E-state index contributed by atoms with van der Waals surface area (Å²) in [7, 11) is -3.80. The largest absolute Gasteiger partial charge is 0.392 e. The topological polar surface area (TPSA) is 57.6 Å². The fourth-order valence-corrected chi connectivity index (χ4v) is 3.28. The van der Waals surface area contributed by atoms with Crippen molar-refractivity contribution in [3.63, 3.8) is 0 Å². The van der Waals surface area contributed by atoms with Gasteiger partial charge in [0, 0.05) is 13.1 Å². The maximum absolute atomic E-state index is 13.4. The Hall–Kier alpha value is -0.980. The van der Waals surface area contributed by atoms with Crippen molar-refractivity contribution >= 4 is 10.0 Å². The van der Waals surface area contributed by atoms with Crippen molar-refractivity contribution < 1.29 is 17.9 Å². The molecule has 0 bridgehead atoms. The van der Waals surface area contributed by atoms with Crippen LogP contribution in [0.3, 0.4) is 0 Å². The Bertz CT molecular complexity index is 489. The average molecular weight is 245 g/mol. The lowest BCUT2D eigenvalue weighted by Gasteiger charge is -2.15. The predicted octanol–water partition coefficient (Wildman–Crippen LogP) is 0.581. The van der Waals surface area contributed by atoms with Gasteiger partial charge in [-0.2, -0.15) is 4.31 Å². The van der Waals surface area contributed by atoms with Crippen molar-refractivity contribution in [2.24, 2.45) is 0 Å². The minimum atomic E-state index is -3.80. The van der Waals surface area contributed by atoms with Crippen LogP contribution < -0.4 is 0 Å². The van der Waals surface area contributed by atoms with Crippen molar-refractivity contribution in [1.82, 2.24) is 4.31 Å². The number of hydrogen-bond donors (Lipinski definition) is 1. The van der Waals surface area contributed by atoms with Crippen molar-refractivity contribution in [2.75, 3.05) is 13.1 Å². The number of nitrogens with zero attached hydrogens (tertiary/aromatic N) is 1. The molecule has 1 heterocycles. The molecular formula is C10H12FNO3S. The fourth-order valence-electron chi connectivity index (χ4n) is 1.72. The van der Waals surface area contributed by atoms with Crippen LogP contribution in [0.5, 0.6) is 0 Å². The van der Waals surface area contributed by atoms with Gasteiger partial charge in [0.05, 0.1) is 6.10 Å². The highest BCUT2D eigenvalue weighted by Gasteiger charge is 2.32. The molecule has 1 saturated heterocycles. The first-order valence-electron chi connectivity index (χ1n) is 4.94. The fraction of sp³-hybridized carbons (Fsp3) is 0.400. The van der Waals surface area contributed by atoms with Gasteiger partial charge in [0.15, 0.2) is 0 Å². The molecule has 1 aliphatic rings. The Morgan fingerprint density at radius 2 is 2.06 bits per heavy atom. The molecule has 6 heteroatoms. The number of sulfonamides is 1. The zero-order valence-electron chi connectivity index (χ0n) is 8.51. The molecule has 1 N–H and O–H groups in total. The molecule has 1 aromatic rings. The summed E-state index contributed by atoms with van der Waals surface area (Å²) >= 11 is 0. The van der Waals surface area contributed by atoms with E-state index in [-0.39, 0.29) is 18.0 Å². The summed E-state index contributed by atoms with van der Waals surface area (Å²) in [4.78, 5) is -0.330. The van der Waals surface area contributed by atoms with E-state index in [1.165, 1.54) is 18.2 Å². The number of aliphatic hydroxyl groups excluding tert-OH is 1. The summed E-state index contributed by atoms with van der Waals surface area (Å²) in [6.07, 6.45) is -0.255. The Morgan fingerprint density at radius 3 is 2.62 bits per heavy atom. The molecule has 0 spiro atoms. The van der Waals surface area contributed by atoms with Gasteiger partial charge in [-0.25, -0.2) is 12.8 Å². The van der Waals surface area contributed by atoms with Gasteiger partial charge < -0.3 is 5.11 Å². The van der Waals surface area contributed by atoms with Crippen LogP contribution in [0.2, 0.25) is 0 Å².